The summed E-state index contributed by atoms with van der Waals surface area (Å²) in [5.74, 6) is 2.02. The molecule has 4 heterocycles. The molecule has 2 aliphatic heterocycles. The van der Waals surface area contributed by atoms with E-state index in [4.69, 9.17) is 15.0 Å². The van der Waals surface area contributed by atoms with E-state index in [-0.39, 0.29) is 0 Å². The van der Waals surface area contributed by atoms with Crippen molar-refractivity contribution in [2.75, 3.05) is 41.4 Å². The highest BCUT2D eigenvalue weighted by Crippen LogP contribution is 2.26. The molecule has 2 aromatic heterocycles. The lowest BCUT2D eigenvalue weighted by Crippen LogP contribution is -2.34. The van der Waals surface area contributed by atoms with Gasteiger partial charge in [-0.05, 0) is 57.1 Å². The molecule has 0 bridgehead atoms. The van der Waals surface area contributed by atoms with Crippen LogP contribution in [0.3, 0.4) is 0 Å². The number of piperidine rings is 2. The number of hydrogen-bond acceptors (Lipinski definition) is 7. The van der Waals surface area contributed by atoms with E-state index in [1.807, 2.05) is 6.21 Å². The van der Waals surface area contributed by atoms with Crippen molar-refractivity contribution in [2.45, 2.75) is 52.0 Å². The molecular formula is C30H36N8. The van der Waals surface area contributed by atoms with Gasteiger partial charge in [0.1, 0.15) is 0 Å². The first kappa shape index (κ1) is 24.4. The Morgan fingerprint density at radius 2 is 1.37 bits per heavy atom. The van der Waals surface area contributed by atoms with Crippen LogP contribution in [0.1, 0.15) is 55.3 Å². The van der Waals surface area contributed by atoms with Crippen molar-refractivity contribution in [2.24, 2.45) is 5.10 Å². The first-order valence-electron chi connectivity index (χ1n) is 13.9. The number of nitrogens with one attached hydrogen (secondary N) is 1. The summed E-state index contributed by atoms with van der Waals surface area (Å²) in [6, 6.07) is 19.1. The first-order valence-corrected chi connectivity index (χ1v) is 13.9. The van der Waals surface area contributed by atoms with Gasteiger partial charge in [-0.25, -0.2) is 5.43 Å². The van der Waals surface area contributed by atoms with Gasteiger partial charge in [-0.15, -0.1) is 0 Å². The number of fused-ring (bicyclic) bond motifs is 1. The minimum Gasteiger partial charge on any atom is -0.341 e. The summed E-state index contributed by atoms with van der Waals surface area (Å²) in [6.07, 6.45) is 9.16. The maximum absolute atomic E-state index is 4.88. The largest absolute Gasteiger partial charge is 0.341 e. The summed E-state index contributed by atoms with van der Waals surface area (Å²) in [6.45, 7) is 6.95. The highest BCUT2D eigenvalue weighted by Gasteiger charge is 2.20. The van der Waals surface area contributed by atoms with Gasteiger partial charge in [0.05, 0.1) is 6.21 Å². The molecule has 0 aliphatic carbocycles. The highest BCUT2D eigenvalue weighted by molar-refractivity contribution is 6.01. The Kier molecular flexibility index (Phi) is 7.20. The van der Waals surface area contributed by atoms with Gasteiger partial charge in [-0.1, -0.05) is 48.5 Å². The Morgan fingerprint density at radius 1 is 0.763 bits per heavy atom. The van der Waals surface area contributed by atoms with Crippen LogP contribution in [0.2, 0.25) is 0 Å². The molecule has 8 nitrogen and oxygen atoms in total. The topological polar surface area (TPSA) is 74.5 Å². The third-order valence-corrected chi connectivity index (χ3v) is 7.71. The zero-order valence-corrected chi connectivity index (χ0v) is 22.2. The Bertz CT molecular complexity index is 1360. The number of para-hydroxylation sites is 1. The molecule has 2 saturated heterocycles. The highest BCUT2D eigenvalue weighted by atomic mass is 15.4. The van der Waals surface area contributed by atoms with E-state index in [2.05, 4.69) is 86.4 Å². The van der Waals surface area contributed by atoms with Crippen LogP contribution in [0.15, 0.2) is 59.7 Å². The monoisotopic (exact) mass is 508 g/mol. The second-order valence-electron chi connectivity index (χ2n) is 10.3. The average Bonchev–Trinajstić information content (AvgIpc) is 3.24. The van der Waals surface area contributed by atoms with E-state index in [1.165, 1.54) is 60.7 Å². The molecule has 196 valence electrons. The van der Waals surface area contributed by atoms with E-state index >= 15 is 0 Å². The maximum atomic E-state index is 4.88. The SMILES string of the molecule is Cc1c(C=NNc2nc(N3CCCCC3)nc(N3CCCCC3)n2)c2ccccc2n1Cc1ccccc1. The fraction of sp³-hybridized carbons (Fsp3) is 0.400. The van der Waals surface area contributed by atoms with Crippen LogP contribution in [-0.4, -0.2) is 51.9 Å². The zero-order chi connectivity index (χ0) is 25.7. The third kappa shape index (κ3) is 5.21. The van der Waals surface area contributed by atoms with Gasteiger partial charge in [-0.2, -0.15) is 20.1 Å². The molecule has 38 heavy (non-hydrogen) atoms. The molecule has 1 N–H and O–H groups in total. The summed E-state index contributed by atoms with van der Waals surface area (Å²) in [5.41, 5.74) is 7.91. The molecule has 0 atom stereocenters. The molecule has 0 amide bonds. The summed E-state index contributed by atoms with van der Waals surface area (Å²) < 4.78 is 2.36. The Morgan fingerprint density at radius 3 is 2.03 bits per heavy atom. The van der Waals surface area contributed by atoms with Crippen LogP contribution < -0.4 is 15.2 Å². The van der Waals surface area contributed by atoms with E-state index in [0.717, 1.165) is 50.2 Å². The van der Waals surface area contributed by atoms with Crippen molar-refractivity contribution in [1.29, 1.82) is 0 Å². The van der Waals surface area contributed by atoms with Crippen LogP contribution in [0.4, 0.5) is 17.8 Å². The van der Waals surface area contributed by atoms with E-state index in [9.17, 15) is 0 Å². The number of rotatable bonds is 7. The van der Waals surface area contributed by atoms with Crippen molar-refractivity contribution < 1.29 is 0 Å². The van der Waals surface area contributed by atoms with Gasteiger partial charge in [0.25, 0.3) is 0 Å². The number of benzene rings is 2. The molecule has 2 aromatic carbocycles. The van der Waals surface area contributed by atoms with E-state index in [0.29, 0.717) is 5.95 Å². The van der Waals surface area contributed by atoms with Crippen molar-refractivity contribution in [3.8, 4) is 0 Å². The minimum atomic E-state index is 0.503. The van der Waals surface area contributed by atoms with Gasteiger partial charge < -0.3 is 14.4 Å². The van der Waals surface area contributed by atoms with Crippen molar-refractivity contribution in [3.05, 3.63) is 71.4 Å². The predicted molar refractivity (Wildman–Crippen MR) is 155 cm³/mol. The van der Waals surface area contributed by atoms with Crippen LogP contribution in [-0.2, 0) is 6.54 Å². The number of nitrogens with zero attached hydrogens (tertiary/aromatic N) is 7. The van der Waals surface area contributed by atoms with Gasteiger partial charge in [0.15, 0.2) is 0 Å². The summed E-state index contributed by atoms with van der Waals surface area (Å²) >= 11 is 0. The van der Waals surface area contributed by atoms with Crippen molar-refractivity contribution in [1.82, 2.24) is 19.5 Å². The minimum absolute atomic E-state index is 0.503. The van der Waals surface area contributed by atoms with E-state index in [1.54, 1.807) is 0 Å². The summed E-state index contributed by atoms with van der Waals surface area (Å²) in [5, 5.41) is 5.82. The van der Waals surface area contributed by atoms with Gasteiger partial charge in [-0.3, -0.25) is 0 Å². The number of anilines is 3. The molecule has 4 aromatic rings. The lowest BCUT2D eigenvalue weighted by molar-refractivity contribution is 0.556. The fourth-order valence-electron chi connectivity index (χ4n) is 5.62. The average molecular weight is 509 g/mol. The third-order valence-electron chi connectivity index (χ3n) is 7.71. The Balaban J connectivity index is 1.29. The number of hydrogen-bond donors (Lipinski definition) is 1. The molecule has 2 aliphatic rings. The quantitative estimate of drug-likeness (QED) is 0.258. The van der Waals surface area contributed by atoms with Crippen LogP contribution in [0.5, 0.6) is 0 Å². The molecule has 0 spiro atoms. The molecular weight excluding hydrogens is 472 g/mol. The molecule has 0 unspecified atom stereocenters. The molecule has 0 saturated carbocycles. The molecule has 6 rings (SSSR count). The number of aromatic nitrogens is 4. The van der Waals surface area contributed by atoms with Gasteiger partial charge >= 0.3 is 0 Å². The normalized spacial score (nSPS) is 16.4. The molecule has 2 fully saturated rings. The summed E-state index contributed by atoms with van der Waals surface area (Å²) in [4.78, 5) is 19.0. The van der Waals surface area contributed by atoms with Crippen LogP contribution in [0, 0.1) is 6.92 Å². The lowest BCUT2D eigenvalue weighted by Gasteiger charge is -2.30. The second kappa shape index (κ2) is 11.2. The second-order valence-corrected chi connectivity index (χ2v) is 10.3. The molecule has 0 radical (unpaired) electrons. The van der Waals surface area contributed by atoms with Gasteiger partial charge in [0, 0.05) is 54.9 Å². The van der Waals surface area contributed by atoms with Crippen molar-refractivity contribution in [3.63, 3.8) is 0 Å². The standard InChI is InChI=1S/C30H36N8/c1-23-26(25-15-7-8-16-27(25)38(23)22-24-13-5-2-6-14-24)21-31-35-28-32-29(36-17-9-3-10-18-36)34-30(33-28)37-19-11-4-12-20-37/h2,5-8,13-16,21H,3-4,9-12,17-20,22H2,1H3,(H,32,33,34,35). The van der Waals surface area contributed by atoms with Crippen LogP contribution >= 0.6 is 0 Å². The van der Waals surface area contributed by atoms with Gasteiger partial charge in [0.2, 0.25) is 17.8 Å². The Hall–Kier alpha value is -3.94. The zero-order valence-electron chi connectivity index (χ0n) is 22.2. The smallest absolute Gasteiger partial charge is 0.250 e. The molecule has 8 heteroatoms. The van der Waals surface area contributed by atoms with Crippen LogP contribution in [0.25, 0.3) is 10.9 Å². The maximum Gasteiger partial charge on any atom is 0.250 e. The first-order chi connectivity index (χ1) is 18.8. The number of hydrazone groups is 1. The Labute approximate surface area is 224 Å². The fourth-order valence-corrected chi connectivity index (χ4v) is 5.62. The predicted octanol–water partition coefficient (Wildman–Crippen LogP) is 5.61. The van der Waals surface area contributed by atoms with Crippen molar-refractivity contribution >= 4 is 35.0 Å². The van der Waals surface area contributed by atoms with E-state index < -0.39 is 0 Å². The summed E-state index contributed by atoms with van der Waals surface area (Å²) in [7, 11) is 0. The lowest BCUT2D eigenvalue weighted by atomic mass is 10.1.